The van der Waals surface area contributed by atoms with E-state index in [2.05, 4.69) is 5.32 Å². The van der Waals surface area contributed by atoms with Crippen LogP contribution in [0.3, 0.4) is 0 Å². The number of esters is 1. The molecule has 2 rings (SSSR count). The van der Waals surface area contributed by atoms with Crippen molar-refractivity contribution >= 4 is 27.6 Å². The highest BCUT2D eigenvalue weighted by Gasteiger charge is 2.19. The first kappa shape index (κ1) is 19.5. The van der Waals surface area contributed by atoms with Gasteiger partial charge in [0, 0.05) is 14.1 Å². The lowest BCUT2D eigenvalue weighted by Crippen LogP contribution is -2.23. The summed E-state index contributed by atoms with van der Waals surface area (Å²) >= 11 is 0. The molecule has 0 spiro atoms. The van der Waals surface area contributed by atoms with Crippen LogP contribution >= 0.6 is 0 Å². The van der Waals surface area contributed by atoms with Crippen LogP contribution in [-0.4, -0.2) is 45.3 Å². The standard InChI is InChI=1S/C17H17FN2O5S/c1-20(2)26(23,24)13-7-5-6-12(10-13)17(22)25-11-16(21)19-15-9-4-3-8-14(15)18/h3-10H,11H2,1-2H3,(H,19,21). The zero-order chi connectivity index (χ0) is 19.3. The fourth-order valence-corrected chi connectivity index (χ4v) is 2.91. The number of hydrogen-bond acceptors (Lipinski definition) is 5. The largest absolute Gasteiger partial charge is 0.452 e. The van der Waals surface area contributed by atoms with Gasteiger partial charge in [-0.05, 0) is 30.3 Å². The van der Waals surface area contributed by atoms with E-state index in [1.54, 1.807) is 6.07 Å². The summed E-state index contributed by atoms with van der Waals surface area (Å²) in [5.41, 5.74) is -0.0563. The Hall–Kier alpha value is -2.78. The number of para-hydroxylation sites is 1. The Kier molecular flexibility index (Phi) is 6.06. The van der Waals surface area contributed by atoms with Crippen molar-refractivity contribution in [1.29, 1.82) is 0 Å². The number of carbonyl (C=O) groups excluding carboxylic acids is 2. The van der Waals surface area contributed by atoms with Gasteiger partial charge >= 0.3 is 5.97 Å². The zero-order valence-corrected chi connectivity index (χ0v) is 14.9. The summed E-state index contributed by atoms with van der Waals surface area (Å²) in [5, 5.41) is 2.27. The van der Waals surface area contributed by atoms with Crippen LogP contribution in [0.2, 0.25) is 0 Å². The minimum Gasteiger partial charge on any atom is -0.452 e. The molecule has 1 amide bonds. The third kappa shape index (κ3) is 4.64. The van der Waals surface area contributed by atoms with Crippen molar-refractivity contribution in [2.45, 2.75) is 4.90 Å². The lowest BCUT2D eigenvalue weighted by atomic mass is 10.2. The molecule has 0 saturated heterocycles. The molecule has 138 valence electrons. The van der Waals surface area contributed by atoms with Crippen LogP contribution in [0.15, 0.2) is 53.4 Å². The molecule has 2 aromatic rings. The molecule has 2 aromatic carbocycles. The number of halogens is 1. The van der Waals surface area contributed by atoms with Gasteiger partial charge in [-0.3, -0.25) is 4.79 Å². The van der Waals surface area contributed by atoms with Crippen LogP contribution in [0.5, 0.6) is 0 Å². The number of benzene rings is 2. The normalized spacial score (nSPS) is 11.2. The molecule has 0 aliphatic carbocycles. The monoisotopic (exact) mass is 380 g/mol. The fourth-order valence-electron chi connectivity index (χ4n) is 1.96. The summed E-state index contributed by atoms with van der Waals surface area (Å²) in [6.07, 6.45) is 0. The molecule has 0 unspecified atom stereocenters. The van der Waals surface area contributed by atoms with Crippen LogP contribution < -0.4 is 5.32 Å². The van der Waals surface area contributed by atoms with Gasteiger partial charge in [0.15, 0.2) is 6.61 Å². The SMILES string of the molecule is CN(C)S(=O)(=O)c1cccc(C(=O)OCC(=O)Nc2ccccc2F)c1. The third-order valence-corrected chi connectivity index (χ3v) is 5.14. The summed E-state index contributed by atoms with van der Waals surface area (Å²) in [6, 6.07) is 10.8. The number of rotatable bonds is 6. The lowest BCUT2D eigenvalue weighted by Gasteiger charge is -2.12. The first-order valence-corrected chi connectivity index (χ1v) is 8.90. The van der Waals surface area contributed by atoms with E-state index in [0.29, 0.717) is 0 Å². The molecule has 0 aromatic heterocycles. The maximum atomic E-state index is 13.5. The first-order chi connectivity index (χ1) is 12.2. The van der Waals surface area contributed by atoms with Crippen LogP contribution in [0.1, 0.15) is 10.4 Å². The summed E-state index contributed by atoms with van der Waals surface area (Å²) in [4.78, 5) is 23.7. The summed E-state index contributed by atoms with van der Waals surface area (Å²) in [6.45, 7) is -0.641. The molecular formula is C17H17FN2O5S. The van der Waals surface area contributed by atoms with E-state index >= 15 is 0 Å². The number of carbonyl (C=O) groups is 2. The van der Waals surface area contributed by atoms with Gasteiger partial charge in [0.05, 0.1) is 16.1 Å². The number of sulfonamides is 1. The Bertz CT molecular complexity index is 928. The van der Waals surface area contributed by atoms with E-state index < -0.39 is 34.3 Å². The van der Waals surface area contributed by atoms with Gasteiger partial charge in [-0.2, -0.15) is 0 Å². The topological polar surface area (TPSA) is 92.8 Å². The van der Waals surface area contributed by atoms with Gasteiger partial charge in [-0.1, -0.05) is 18.2 Å². The summed E-state index contributed by atoms with van der Waals surface area (Å²) in [7, 11) is -0.968. The van der Waals surface area contributed by atoms with Crippen molar-refractivity contribution in [2.75, 3.05) is 26.0 Å². The molecule has 26 heavy (non-hydrogen) atoms. The number of ether oxygens (including phenoxy) is 1. The zero-order valence-electron chi connectivity index (χ0n) is 14.1. The van der Waals surface area contributed by atoms with E-state index in [-0.39, 0.29) is 16.1 Å². The second kappa shape index (κ2) is 8.07. The molecule has 9 heteroatoms. The second-order valence-corrected chi connectivity index (χ2v) is 7.57. The Morgan fingerprint density at radius 2 is 1.81 bits per heavy atom. The lowest BCUT2D eigenvalue weighted by molar-refractivity contribution is -0.119. The molecule has 0 bridgehead atoms. The average molecular weight is 380 g/mol. The van der Waals surface area contributed by atoms with Gasteiger partial charge in [0.1, 0.15) is 5.82 Å². The van der Waals surface area contributed by atoms with Crippen LogP contribution in [0.4, 0.5) is 10.1 Å². The Balaban J connectivity index is 2.02. The third-order valence-electron chi connectivity index (χ3n) is 3.33. The molecular weight excluding hydrogens is 363 g/mol. The van der Waals surface area contributed by atoms with Crippen molar-refractivity contribution in [1.82, 2.24) is 4.31 Å². The predicted molar refractivity (Wildman–Crippen MR) is 92.6 cm³/mol. The maximum absolute atomic E-state index is 13.5. The molecule has 0 fully saturated rings. The maximum Gasteiger partial charge on any atom is 0.338 e. The second-order valence-electron chi connectivity index (χ2n) is 5.42. The molecule has 0 aliphatic heterocycles. The van der Waals surface area contributed by atoms with Crippen LogP contribution in [0, 0.1) is 5.82 Å². The van der Waals surface area contributed by atoms with E-state index in [0.717, 1.165) is 10.4 Å². The minimum atomic E-state index is -3.71. The first-order valence-electron chi connectivity index (χ1n) is 7.46. The van der Waals surface area contributed by atoms with Gasteiger partial charge < -0.3 is 10.1 Å². The number of nitrogens with zero attached hydrogens (tertiary/aromatic N) is 1. The van der Waals surface area contributed by atoms with Crippen LogP contribution in [-0.2, 0) is 19.6 Å². The van der Waals surface area contributed by atoms with Crippen molar-refractivity contribution in [3.8, 4) is 0 Å². The molecule has 0 heterocycles. The smallest absolute Gasteiger partial charge is 0.338 e. The van der Waals surface area contributed by atoms with Gasteiger partial charge in [-0.15, -0.1) is 0 Å². The molecule has 0 aliphatic rings. The fraction of sp³-hybridized carbons (Fsp3) is 0.176. The van der Waals surface area contributed by atoms with Crippen molar-refractivity contribution in [3.05, 3.63) is 59.9 Å². The molecule has 0 atom stereocenters. The summed E-state index contributed by atoms with van der Waals surface area (Å²) < 4.78 is 43.5. The molecule has 0 radical (unpaired) electrons. The average Bonchev–Trinajstić information content (AvgIpc) is 2.61. The predicted octanol–water partition coefficient (Wildman–Crippen LogP) is 1.87. The van der Waals surface area contributed by atoms with Gasteiger partial charge in [0.25, 0.3) is 5.91 Å². The summed E-state index contributed by atoms with van der Waals surface area (Å²) in [5.74, 6) is -2.21. The molecule has 1 N–H and O–H groups in total. The van der Waals surface area contributed by atoms with E-state index in [4.69, 9.17) is 4.74 Å². The van der Waals surface area contributed by atoms with Crippen LogP contribution in [0.25, 0.3) is 0 Å². The highest BCUT2D eigenvalue weighted by molar-refractivity contribution is 7.89. The highest BCUT2D eigenvalue weighted by atomic mass is 32.2. The number of anilines is 1. The van der Waals surface area contributed by atoms with E-state index in [9.17, 15) is 22.4 Å². The molecule has 0 saturated carbocycles. The number of nitrogens with one attached hydrogen (secondary N) is 1. The number of hydrogen-bond donors (Lipinski definition) is 1. The van der Waals surface area contributed by atoms with Crippen molar-refractivity contribution < 1.29 is 27.1 Å². The van der Waals surface area contributed by atoms with Crippen molar-refractivity contribution in [3.63, 3.8) is 0 Å². The molecule has 7 nitrogen and oxygen atoms in total. The highest BCUT2D eigenvalue weighted by Crippen LogP contribution is 2.16. The quantitative estimate of drug-likeness (QED) is 0.773. The Morgan fingerprint density at radius 1 is 1.12 bits per heavy atom. The van der Waals surface area contributed by atoms with Gasteiger partial charge in [-0.25, -0.2) is 21.9 Å². The van der Waals surface area contributed by atoms with E-state index in [1.165, 1.54) is 50.5 Å². The Labute approximate surface area is 150 Å². The van der Waals surface area contributed by atoms with E-state index in [1.807, 2.05) is 0 Å². The van der Waals surface area contributed by atoms with Gasteiger partial charge in [0.2, 0.25) is 10.0 Å². The van der Waals surface area contributed by atoms with Crippen molar-refractivity contribution in [2.24, 2.45) is 0 Å². The Morgan fingerprint density at radius 3 is 2.46 bits per heavy atom. The number of amides is 1. The minimum absolute atomic E-state index is 0.0217.